The zero-order valence-corrected chi connectivity index (χ0v) is 8.75. The first-order valence-corrected chi connectivity index (χ1v) is 4.93. The van der Waals surface area contributed by atoms with Gasteiger partial charge < -0.3 is 5.73 Å². The maximum absolute atomic E-state index is 6.17. The van der Waals surface area contributed by atoms with Crippen LogP contribution >= 0.6 is 11.6 Å². The molecule has 0 saturated carbocycles. The van der Waals surface area contributed by atoms with Crippen LogP contribution in [0.3, 0.4) is 0 Å². The van der Waals surface area contributed by atoms with E-state index < -0.39 is 0 Å². The van der Waals surface area contributed by atoms with E-state index in [4.69, 9.17) is 17.3 Å². The summed E-state index contributed by atoms with van der Waals surface area (Å²) in [5.74, 6) is 0. The van der Waals surface area contributed by atoms with Gasteiger partial charge in [-0.05, 0) is 31.2 Å². The van der Waals surface area contributed by atoms with E-state index in [1.165, 1.54) is 5.56 Å². The number of hydrogen-bond donors (Lipinski definition) is 1. The van der Waals surface area contributed by atoms with Crippen LogP contribution in [0.15, 0.2) is 18.3 Å². The highest BCUT2D eigenvalue weighted by atomic mass is 35.5. The van der Waals surface area contributed by atoms with E-state index in [2.05, 4.69) is 5.10 Å². The molecule has 0 spiro atoms. The maximum atomic E-state index is 6.17. The first-order chi connectivity index (χ1) is 6.72. The summed E-state index contributed by atoms with van der Waals surface area (Å²) < 4.78 is 1.79. The van der Waals surface area contributed by atoms with Gasteiger partial charge in [-0.1, -0.05) is 11.6 Å². The summed E-state index contributed by atoms with van der Waals surface area (Å²) in [5, 5.41) is 5.07. The Kier molecular flexibility index (Phi) is 2.44. The lowest BCUT2D eigenvalue weighted by Gasteiger charge is -1.93. The standard InChI is InChI=1S/C10H12ClN3/c1-7-3-5-14-9(6-7)10(11)8(13-14)2-4-12/h3,5-6H,2,4,12H2,1H3. The molecule has 3 nitrogen and oxygen atoms in total. The van der Waals surface area contributed by atoms with E-state index in [1.54, 1.807) is 4.52 Å². The second kappa shape index (κ2) is 3.59. The molecule has 2 aromatic rings. The van der Waals surface area contributed by atoms with Crippen LogP contribution in [0, 0.1) is 6.92 Å². The van der Waals surface area contributed by atoms with Crippen LogP contribution in [0.5, 0.6) is 0 Å². The molecule has 74 valence electrons. The molecule has 0 amide bonds. The molecule has 0 unspecified atom stereocenters. The Balaban J connectivity index is 2.62. The van der Waals surface area contributed by atoms with Crippen molar-refractivity contribution < 1.29 is 0 Å². The molecule has 2 N–H and O–H groups in total. The molecule has 2 heterocycles. The summed E-state index contributed by atoms with van der Waals surface area (Å²) in [4.78, 5) is 0. The van der Waals surface area contributed by atoms with Gasteiger partial charge in [0.25, 0.3) is 0 Å². The third-order valence-electron chi connectivity index (χ3n) is 2.18. The fourth-order valence-electron chi connectivity index (χ4n) is 1.47. The smallest absolute Gasteiger partial charge is 0.0896 e. The third-order valence-corrected chi connectivity index (χ3v) is 2.59. The summed E-state index contributed by atoms with van der Waals surface area (Å²) in [5.41, 5.74) is 8.48. The molecule has 0 radical (unpaired) electrons. The number of fused-ring (bicyclic) bond motifs is 1. The lowest BCUT2D eigenvalue weighted by atomic mass is 10.2. The van der Waals surface area contributed by atoms with Crippen LogP contribution in [0.2, 0.25) is 5.02 Å². The van der Waals surface area contributed by atoms with Crippen LogP contribution in [0.25, 0.3) is 5.52 Å². The lowest BCUT2D eigenvalue weighted by Crippen LogP contribution is -2.03. The Morgan fingerprint density at radius 3 is 3.07 bits per heavy atom. The number of halogens is 1. The second-order valence-electron chi connectivity index (χ2n) is 3.33. The molecular weight excluding hydrogens is 198 g/mol. The van der Waals surface area contributed by atoms with Crippen LogP contribution in [0.1, 0.15) is 11.3 Å². The predicted molar refractivity (Wildman–Crippen MR) is 57.7 cm³/mol. The third kappa shape index (κ3) is 1.49. The Labute approximate surface area is 87.5 Å². The van der Waals surface area contributed by atoms with Crippen LogP contribution in [-0.2, 0) is 6.42 Å². The Morgan fingerprint density at radius 2 is 2.36 bits per heavy atom. The molecule has 0 aromatic carbocycles. The average Bonchev–Trinajstić information content (AvgIpc) is 2.46. The van der Waals surface area contributed by atoms with Gasteiger partial charge in [0.05, 0.1) is 16.2 Å². The maximum Gasteiger partial charge on any atom is 0.0896 e. The first kappa shape index (κ1) is 9.49. The van der Waals surface area contributed by atoms with Crippen molar-refractivity contribution >= 4 is 17.1 Å². The molecule has 0 saturated heterocycles. The number of nitrogens with zero attached hydrogens (tertiary/aromatic N) is 2. The molecule has 14 heavy (non-hydrogen) atoms. The Bertz CT molecular complexity index is 462. The predicted octanol–water partition coefficient (Wildman–Crippen LogP) is 1.80. The van der Waals surface area contributed by atoms with E-state index in [0.717, 1.165) is 22.7 Å². The van der Waals surface area contributed by atoms with E-state index in [0.29, 0.717) is 6.54 Å². The number of rotatable bonds is 2. The van der Waals surface area contributed by atoms with Crippen molar-refractivity contribution in [2.24, 2.45) is 5.73 Å². The van der Waals surface area contributed by atoms with Gasteiger partial charge >= 0.3 is 0 Å². The topological polar surface area (TPSA) is 43.3 Å². The number of aryl methyl sites for hydroxylation is 1. The number of hydrogen-bond acceptors (Lipinski definition) is 2. The fraction of sp³-hybridized carbons (Fsp3) is 0.300. The van der Waals surface area contributed by atoms with Crippen molar-refractivity contribution in [2.75, 3.05) is 6.54 Å². The molecule has 0 fully saturated rings. The molecule has 0 atom stereocenters. The van der Waals surface area contributed by atoms with Gasteiger partial charge in [0.15, 0.2) is 0 Å². The Hall–Kier alpha value is -1.06. The van der Waals surface area contributed by atoms with Crippen LogP contribution in [0.4, 0.5) is 0 Å². The van der Waals surface area contributed by atoms with Gasteiger partial charge in [-0.3, -0.25) is 0 Å². The van der Waals surface area contributed by atoms with E-state index in [1.807, 2.05) is 25.3 Å². The molecular formula is C10H12ClN3. The van der Waals surface area contributed by atoms with Gasteiger partial charge in [0, 0.05) is 12.6 Å². The minimum Gasteiger partial charge on any atom is -0.330 e. The Morgan fingerprint density at radius 1 is 1.57 bits per heavy atom. The first-order valence-electron chi connectivity index (χ1n) is 4.56. The molecule has 0 bridgehead atoms. The van der Waals surface area contributed by atoms with Gasteiger partial charge in [-0.2, -0.15) is 5.10 Å². The second-order valence-corrected chi connectivity index (χ2v) is 3.71. The summed E-state index contributed by atoms with van der Waals surface area (Å²) in [6.07, 6.45) is 2.64. The van der Waals surface area contributed by atoms with Gasteiger partial charge in [0.2, 0.25) is 0 Å². The van der Waals surface area contributed by atoms with Crippen molar-refractivity contribution in [3.05, 3.63) is 34.6 Å². The van der Waals surface area contributed by atoms with Gasteiger partial charge in [-0.25, -0.2) is 4.52 Å². The minimum atomic E-state index is 0.572. The molecule has 2 aromatic heterocycles. The molecule has 0 aliphatic rings. The monoisotopic (exact) mass is 209 g/mol. The molecule has 2 rings (SSSR count). The number of pyridine rings is 1. The van der Waals surface area contributed by atoms with Crippen molar-refractivity contribution in [1.82, 2.24) is 9.61 Å². The van der Waals surface area contributed by atoms with E-state index in [9.17, 15) is 0 Å². The minimum absolute atomic E-state index is 0.572. The molecule has 0 aliphatic heterocycles. The van der Waals surface area contributed by atoms with Crippen molar-refractivity contribution in [1.29, 1.82) is 0 Å². The highest BCUT2D eigenvalue weighted by Crippen LogP contribution is 2.22. The van der Waals surface area contributed by atoms with Crippen LogP contribution in [-0.4, -0.2) is 16.2 Å². The van der Waals surface area contributed by atoms with E-state index in [-0.39, 0.29) is 0 Å². The normalized spacial score (nSPS) is 11.1. The lowest BCUT2D eigenvalue weighted by molar-refractivity contribution is 0.860. The fourth-order valence-corrected chi connectivity index (χ4v) is 1.74. The number of nitrogens with two attached hydrogens (primary N) is 1. The van der Waals surface area contributed by atoms with Crippen molar-refractivity contribution in [2.45, 2.75) is 13.3 Å². The van der Waals surface area contributed by atoms with Crippen LogP contribution < -0.4 is 5.73 Å². The highest BCUT2D eigenvalue weighted by Gasteiger charge is 2.09. The zero-order chi connectivity index (χ0) is 10.1. The average molecular weight is 210 g/mol. The largest absolute Gasteiger partial charge is 0.330 e. The summed E-state index contributed by atoms with van der Waals surface area (Å²) >= 11 is 6.17. The summed E-state index contributed by atoms with van der Waals surface area (Å²) in [7, 11) is 0. The quantitative estimate of drug-likeness (QED) is 0.820. The van der Waals surface area contributed by atoms with Gasteiger partial charge in [-0.15, -0.1) is 0 Å². The van der Waals surface area contributed by atoms with Gasteiger partial charge in [0.1, 0.15) is 0 Å². The van der Waals surface area contributed by atoms with Crippen molar-refractivity contribution in [3.63, 3.8) is 0 Å². The molecule has 4 heteroatoms. The SMILES string of the molecule is Cc1ccn2nc(CCN)c(Cl)c2c1. The van der Waals surface area contributed by atoms with Crippen molar-refractivity contribution in [3.8, 4) is 0 Å². The zero-order valence-electron chi connectivity index (χ0n) is 8.00. The summed E-state index contributed by atoms with van der Waals surface area (Å²) in [6, 6.07) is 4.03. The summed E-state index contributed by atoms with van der Waals surface area (Å²) in [6.45, 7) is 2.61. The molecule has 0 aliphatic carbocycles. The van der Waals surface area contributed by atoms with E-state index >= 15 is 0 Å². The highest BCUT2D eigenvalue weighted by molar-refractivity contribution is 6.34. The number of aromatic nitrogens is 2.